The molecular formula is C7H7F3N2O4S. The molecule has 0 unspecified atom stereocenters. The van der Waals surface area contributed by atoms with Crippen molar-refractivity contribution in [2.45, 2.75) is 6.18 Å². The summed E-state index contributed by atoms with van der Waals surface area (Å²) in [5.41, 5.74) is -2.50. The van der Waals surface area contributed by atoms with E-state index in [1.54, 1.807) is 0 Å². The first kappa shape index (κ1) is 13.5. The van der Waals surface area contributed by atoms with Gasteiger partial charge in [0.25, 0.3) is 0 Å². The minimum Gasteiger partial charge on any atom is -0.377 e. The quantitative estimate of drug-likeness (QED) is 0.715. The molecule has 0 N–H and O–H groups in total. The smallest absolute Gasteiger partial charge is 0.377 e. The molecule has 1 aromatic heterocycles. The molecule has 1 aromatic rings. The number of hydrogen-bond acceptors (Lipinski definition) is 5. The number of aryl methyl sites for hydroxylation is 1. The van der Waals surface area contributed by atoms with Gasteiger partial charge in [0.2, 0.25) is 5.75 Å². The molecule has 1 rings (SSSR count). The van der Waals surface area contributed by atoms with Crippen molar-refractivity contribution < 1.29 is 25.8 Å². The zero-order valence-corrected chi connectivity index (χ0v) is 9.46. The van der Waals surface area contributed by atoms with Crippen molar-refractivity contribution in [1.29, 1.82) is 0 Å². The summed E-state index contributed by atoms with van der Waals surface area (Å²) in [6.45, 7) is 0. The molecule has 0 radical (unpaired) electrons. The summed E-state index contributed by atoms with van der Waals surface area (Å²) in [4.78, 5) is 11.3. The SMILES string of the molecule is Cn1nc(C(F)(F)F)cc(OS(C)(=O)=O)c1=O. The lowest BCUT2D eigenvalue weighted by atomic mass is 10.3. The number of aromatic nitrogens is 2. The largest absolute Gasteiger partial charge is 0.435 e. The predicted molar refractivity (Wildman–Crippen MR) is 50.0 cm³/mol. The standard InChI is InChI=1S/C7H7F3N2O4S/c1-12-6(13)4(16-17(2,14)15)3-5(11-12)7(8,9)10/h3H,1-2H3. The van der Waals surface area contributed by atoms with E-state index in [1.807, 2.05) is 0 Å². The summed E-state index contributed by atoms with van der Waals surface area (Å²) in [5.74, 6) is -0.947. The van der Waals surface area contributed by atoms with Gasteiger partial charge in [0.1, 0.15) is 0 Å². The third-order valence-corrected chi connectivity index (χ3v) is 2.04. The third kappa shape index (κ3) is 3.44. The summed E-state index contributed by atoms with van der Waals surface area (Å²) in [7, 11) is -3.14. The lowest BCUT2D eigenvalue weighted by Crippen LogP contribution is -2.26. The normalized spacial score (nSPS) is 12.5. The first-order chi connectivity index (χ1) is 7.50. The molecule has 0 amide bonds. The highest BCUT2D eigenvalue weighted by Crippen LogP contribution is 2.28. The van der Waals surface area contributed by atoms with E-state index < -0.39 is 33.3 Å². The van der Waals surface area contributed by atoms with Crippen molar-refractivity contribution in [3.8, 4) is 5.75 Å². The second-order valence-electron chi connectivity index (χ2n) is 3.11. The van der Waals surface area contributed by atoms with Crippen molar-refractivity contribution in [3.63, 3.8) is 0 Å². The lowest BCUT2D eigenvalue weighted by molar-refractivity contribution is -0.142. The number of nitrogens with zero attached hydrogens (tertiary/aromatic N) is 2. The van der Waals surface area contributed by atoms with Crippen LogP contribution in [0.4, 0.5) is 13.2 Å². The number of halogens is 3. The third-order valence-electron chi connectivity index (χ3n) is 1.56. The summed E-state index contributed by atoms with van der Waals surface area (Å²) in [6, 6.07) is 0.239. The number of alkyl halides is 3. The minimum atomic E-state index is -4.80. The van der Waals surface area contributed by atoms with Crippen molar-refractivity contribution in [1.82, 2.24) is 9.78 Å². The van der Waals surface area contributed by atoms with Gasteiger partial charge in [-0.3, -0.25) is 4.79 Å². The number of hydrogen-bond donors (Lipinski definition) is 0. The van der Waals surface area contributed by atoms with Gasteiger partial charge in [0.05, 0.1) is 6.26 Å². The average Bonchev–Trinajstić information content (AvgIpc) is 2.08. The zero-order chi connectivity index (χ0) is 13.4. The van der Waals surface area contributed by atoms with Crippen LogP contribution in [0.25, 0.3) is 0 Å². The van der Waals surface area contributed by atoms with Crippen LogP contribution in [0.1, 0.15) is 5.69 Å². The Morgan fingerprint density at radius 3 is 2.35 bits per heavy atom. The van der Waals surface area contributed by atoms with E-state index in [-0.39, 0.29) is 6.07 Å². The maximum atomic E-state index is 12.3. The van der Waals surface area contributed by atoms with Gasteiger partial charge in [0, 0.05) is 13.1 Å². The van der Waals surface area contributed by atoms with E-state index in [0.29, 0.717) is 10.9 Å². The topological polar surface area (TPSA) is 78.3 Å². The van der Waals surface area contributed by atoms with E-state index in [1.165, 1.54) is 0 Å². The molecule has 0 atom stereocenters. The fourth-order valence-electron chi connectivity index (χ4n) is 0.943. The highest BCUT2D eigenvalue weighted by Gasteiger charge is 2.34. The predicted octanol–water partition coefficient (Wildman–Crippen LogP) is 0.138. The highest BCUT2D eigenvalue weighted by molar-refractivity contribution is 7.86. The van der Waals surface area contributed by atoms with Crippen LogP contribution in [0, 0.1) is 0 Å². The summed E-state index contributed by atoms with van der Waals surface area (Å²) < 4.78 is 63.0. The summed E-state index contributed by atoms with van der Waals surface area (Å²) in [6.07, 6.45) is -4.19. The molecule has 0 saturated carbocycles. The minimum absolute atomic E-state index is 0.239. The second kappa shape index (κ2) is 4.02. The molecule has 0 aliphatic rings. The lowest BCUT2D eigenvalue weighted by Gasteiger charge is -2.09. The van der Waals surface area contributed by atoms with Gasteiger partial charge in [0.15, 0.2) is 5.69 Å². The van der Waals surface area contributed by atoms with Crippen LogP contribution in [0.5, 0.6) is 5.75 Å². The molecule has 6 nitrogen and oxygen atoms in total. The van der Waals surface area contributed by atoms with Crippen LogP contribution >= 0.6 is 0 Å². The Bertz CT molecular complexity index is 590. The van der Waals surface area contributed by atoms with Gasteiger partial charge >= 0.3 is 21.9 Å². The van der Waals surface area contributed by atoms with E-state index in [4.69, 9.17) is 0 Å². The monoisotopic (exact) mass is 272 g/mol. The van der Waals surface area contributed by atoms with Crippen molar-refractivity contribution in [3.05, 3.63) is 22.1 Å². The molecule has 0 fully saturated rings. The van der Waals surface area contributed by atoms with Crippen LogP contribution < -0.4 is 9.74 Å². The van der Waals surface area contributed by atoms with E-state index in [9.17, 15) is 26.4 Å². The van der Waals surface area contributed by atoms with Crippen LogP contribution in [0.15, 0.2) is 10.9 Å². The maximum Gasteiger partial charge on any atom is 0.435 e. The van der Waals surface area contributed by atoms with Crippen LogP contribution in [-0.2, 0) is 23.3 Å². The van der Waals surface area contributed by atoms with Gasteiger partial charge < -0.3 is 4.18 Å². The van der Waals surface area contributed by atoms with Crippen LogP contribution in [0.3, 0.4) is 0 Å². The molecular weight excluding hydrogens is 265 g/mol. The summed E-state index contributed by atoms with van der Waals surface area (Å²) in [5, 5.41) is 2.94. The van der Waals surface area contributed by atoms with E-state index in [0.717, 1.165) is 7.05 Å². The van der Waals surface area contributed by atoms with Gasteiger partial charge in [-0.15, -0.1) is 0 Å². The van der Waals surface area contributed by atoms with Gasteiger partial charge in [-0.2, -0.15) is 26.7 Å². The van der Waals surface area contributed by atoms with Gasteiger partial charge in [-0.25, -0.2) is 4.68 Å². The Morgan fingerprint density at radius 1 is 1.41 bits per heavy atom. The van der Waals surface area contributed by atoms with Crippen LogP contribution in [0.2, 0.25) is 0 Å². The molecule has 0 saturated heterocycles. The molecule has 0 aliphatic heterocycles. The molecule has 0 aromatic carbocycles. The average molecular weight is 272 g/mol. The first-order valence-corrected chi connectivity index (χ1v) is 5.87. The Kier molecular flexibility index (Phi) is 3.19. The maximum absolute atomic E-state index is 12.3. The second-order valence-corrected chi connectivity index (χ2v) is 4.68. The molecule has 96 valence electrons. The van der Waals surface area contributed by atoms with Crippen molar-refractivity contribution in [2.75, 3.05) is 6.26 Å². The van der Waals surface area contributed by atoms with Crippen LogP contribution in [-0.4, -0.2) is 24.5 Å². The van der Waals surface area contributed by atoms with Crippen molar-refractivity contribution in [2.24, 2.45) is 7.05 Å². The molecule has 10 heteroatoms. The van der Waals surface area contributed by atoms with Gasteiger partial charge in [-0.05, 0) is 0 Å². The Balaban J connectivity index is 3.41. The molecule has 0 aliphatic carbocycles. The van der Waals surface area contributed by atoms with Crippen molar-refractivity contribution >= 4 is 10.1 Å². The first-order valence-electron chi connectivity index (χ1n) is 4.06. The molecule has 17 heavy (non-hydrogen) atoms. The molecule has 1 heterocycles. The Hall–Kier alpha value is -1.58. The Labute approximate surface area is 93.8 Å². The van der Waals surface area contributed by atoms with Gasteiger partial charge in [-0.1, -0.05) is 0 Å². The number of rotatable bonds is 2. The fourth-order valence-corrected chi connectivity index (χ4v) is 1.39. The highest BCUT2D eigenvalue weighted by atomic mass is 32.2. The zero-order valence-electron chi connectivity index (χ0n) is 8.65. The fraction of sp³-hybridized carbons (Fsp3) is 0.429. The molecule has 0 bridgehead atoms. The van der Waals surface area contributed by atoms with E-state index in [2.05, 4.69) is 9.28 Å². The summed E-state index contributed by atoms with van der Waals surface area (Å²) >= 11 is 0. The molecule has 0 spiro atoms. The van der Waals surface area contributed by atoms with E-state index >= 15 is 0 Å². The Morgan fingerprint density at radius 2 is 1.94 bits per heavy atom.